The summed E-state index contributed by atoms with van der Waals surface area (Å²) in [4.78, 5) is 25.1. The van der Waals surface area contributed by atoms with Gasteiger partial charge in [-0.05, 0) is 215 Å². The maximum absolute atomic E-state index is 10.9. The molecule has 0 bridgehead atoms. The van der Waals surface area contributed by atoms with Crippen molar-refractivity contribution in [3.63, 3.8) is 0 Å². The molecule has 0 atom stereocenters. The third kappa shape index (κ3) is 28.0. The predicted molar refractivity (Wildman–Crippen MR) is 486 cm³/mol. The number of unbranched alkanes of at least 4 members (excludes halogenated alkanes) is 1. The van der Waals surface area contributed by atoms with Gasteiger partial charge in [-0.3, -0.25) is 9.59 Å². The fourth-order valence-electron chi connectivity index (χ4n) is 10.7. The molecule has 0 aliphatic carbocycles. The number of benzene rings is 12. The molecule has 0 fully saturated rings. The molecule has 0 saturated carbocycles. The van der Waals surface area contributed by atoms with Crippen LogP contribution < -0.4 is 18.9 Å². The number of fused-ring (bicyclic) bond motifs is 11. The smallest absolute Gasteiger partial charge is 0 e. The van der Waals surface area contributed by atoms with Crippen molar-refractivity contribution in [2.75, 3.05) is 31.3 Å². The maximum atomic E-state index is 10.9. The number of hydrogen-bond acceptors (Lipinski definition) is 8. The van der Waals surface area contributed by atoms with Crippen LogP contribution in [0.3, 0.4) is 0 Å². The maximum Gasteiger partial charge on any atom is 1.00 e. The Kier molecular flexibility index (Phi) is 44.1. The molecule has 0 N–H and O–H groups in total. The first-order valence-corrected chi connectivity index (χ1v) is 54.0. The van der Waals surface area contributed by atoms with Crippen LogP contribution in [0.15, 0.2) is 203 Å². The van der Waals surface area contributed by atoms with E-state index in [0.29, 0.717) is 0 Å². The quantitative estimate of drug-likeness (QED) is 0.0377. The van der Waals surface area contributed by atoms with E-state index in [9.17, 15) is 9.59 Å². The van der Waals surface area contributed by atoms with Crippen LogP contribution in [0.5, 0.6) is 0 Å². The van der Waals surface area contributed by atoms with Gasteiger partial charge in [-0.15, -0.1) is 67.4 Å². The molecule has 0 amide bonds. The number of carbonyl (C=O) groups is 2. The summed E-state index contributed by atoms with van der Waals surface area (Å²) in [5.41, 5.74) is 11.8. The predicted octanol–water partition coefficient (Wildman–Crippen LogP) is 27.4. The van der Waals surface area contributed by atoms with Crippen molar-refractivity contribution in [1.29, 1.82) is 0 Å². The fraction of sp³-hybridized carbons (Fsp3) is 0.193. The van der Waals surface area contributed by atoms with E-state index in [1.54, 1.807) is 11.8 Å². The van der Waals surface area contributed by atoms with Crippen LogP contribution in [-0.4, -0.2) is 52.3 Å². The Bertz CT molecular complexity index is 4940. The first kappa shape index (κ1) is 95.8. The second kappa shape index (κ2) is 46.9. The minimum atomic E-state index is -3.11. The van der Waals surface area contributed by atoms with Crippen LogP contribution >= 0.6 is 132 Å². The van der Waals surface area contributed by atoms with Gasteiger partial charge < -0.3 is 6.92 Å². The topological polar surface area (TPSA) is 34.1 Å². The summed E-state index contributed by atoms with van der Waals surface area (Å²) in [5.74, 6) is 0. The zero-order chi connectivity index (χ0) is 70.7. The summed E-state index contributed by atoms with van der Waals surface area (Å²) in [6.07, 6.45) is 18.9. The van der Waals surface area contributed by atoms with Gasteiger partial charge in [0.2, 0.25) is 0 Å². The van der Waals surface area contributed by atoms with Gasteiger partial charge in [-0.2, -0.15) is 6.42 Å². The first-order valence-electron chi connectivity index (χ1n) is 30.9. The Balaban J connectivity index is 0.000000440. The number of aryl methyl sites for hydroxylation is 6. The molecule has 0 unspecified atom stereocenters. The second-order valence-corrected chi connectivity index (χ2v) is 46.9. The minimum absolute atomic E-state index is 0. The van der Waals surface area contributed by atoms with Crippen LogP contribution in [0.2, 0.25) is 0 Å². The van der Waals surface area contributed by atoms with Crippen LogP contribution in [0.25, 0.3) is 106 Å². The Labute approximate surface area is 703 Å². The second-order valence-electron chi connectivity index (χ2n) is 23.3. The number of carbonyl (C=O) groups excluding carboxylic acids is 2. The molecule has 102 heavy (non-hydrogen) atoms. The van der Waals surface area contributed by atoms with Gasteiger partial charge >= 0.3 is 68.4 Å². The molecule has 19 heteroatoms. The van der Waals surface area contributed by atoms with Crippen molar-refractivity contribution in [2.45, 2.75) is 90.8 Å². The molecule has 2 nitrogen and oxygen atoms in total. The zero-order valence-corrected chi connectivity index (χ0v) is 76.1. The summed E-state index contributed by atoms with van der Waals surface area (Å²) >= 11 is 14.9. The molecule has 0 saturated heterocycles. The average Bonchev–Trinajstić information content (AvgIpc) is 1.58. The zero-order valence-electron chi connectivity index (χ0n) is 58.6. The van der Waals surface area contributed by atoms with E-state index in [-0.39, 0.29) is 71.1 Å². The van der Waals surface area contributed by atoms with Crippen molar-refractivity contribution in [3.8, 4) is 0 Å². The van der Waals surface area contributed by atoms with E-state index in [4.69, 9.17) is 37.2 Å². The van der Waals surface area contributed by atoms with Gasteiger partial charge in [0, 0.05) is 111 Å². The van der Waals surface area contributed by atoms with E-state index < -0.39 is 12.3 Å². The van der Waals surface area contributed by atoms with Gasteiger partial charge in [0.25, 0.3) is 0 Å². The van der Waals surface area contributed by atoms with Gasteiger partial charge in [0.1, 0.15) is 6.29 Å². The van der Waals surface area contributed by atoms with Gasteiger partial charge in [-0.25, -0.2) is 0 Å². The first-order chi connectivity index (χ1) is 46.4. The molecule has 0 aliphatic rings. The molecule has 523 valence electrons. The SMILES string of the molecule is C.C.CS(C)=S.CSc1cc2cc(C)ccc2cc1/C=C/c1cc2ccc(C)cc2cc1SC.CSc1cc2cc(C)ccc2cc1C=O.Cc1ccc2cc(C=O)ccc2c1.Cc1ccc2cc3c(cc2c1)sc1c2cc4ccc(C)cc4cc2sc31.II.[B].[CH2-]CCC.[Cl][Ti]([Cl])([Cl])[Cl].[Li+].[Zn]. The molecule has 0 spiro atoms. The Morgan fingerprint density at radius 3 is 0.971 bits per heavy atom. The molecule has 14 rings (SSSR count). The molecular formula is C83H85BCl4I2LiO2S7TiZn. The average molecular weight is 1870 g/mol. The number of hydrogen-bond donors (Lipinski definition) is 0. The molecular weight excluding hydrogens is 1780 g/mol. The van der Waals surface area contributed by atoms with Crippen molar-refractivity contribution >= 4 is 280 Å². The number of thioether (sulfide) groups is 3. The van der Waals surface area contributed by atoms with Gasteiger partial charge in [-0.1, -0.05) is 206 Å². The van der Waals surface area contributed by atoms with Crippen molar-refractivity contribution in [3.05, 3.63) is 251 Å². The largest absolute Gasteiger partial charge is 1.00 e. The summed E-state index contributed by atoms with van der Waals surface area (Å²) in [6.45, 7) is 18.5. The summed E-state index contributed by atoms with van der Waals surface area (Å²) in [6, 6.07) is 67.8. The Morgan fingerprint density at radius 2 is 0.686 bits per heavy atom. The fourth-order valence-corrected chi connectivity index (χ4v) is 15.2. The van der Waals surface area contributed by atoms with Crippen LogP contribution in [0.4, 0.5) is 0 Å². The van der Waals surface area contributed by atoms with Crippen LogP contribution in [0.1, 0.15) is 99.8 Å². The van der Waals surface area contributed by atoms with Crippen molar-refractivity contribution < 1.29 is 60.3 Å². The third-order valence-electron chi connectivity index (χ3n) is 15.4. The number of thiophene rings is 2. The Hall–Kier alpha value is -2.30. The molecule has 3 radical (unpaired) electrons. The monoisotopic (exact) mass is 1860 g/mol. The van der Waals surface area contributed by atoms with Crippen molar-refractivity contribution in [1.82, 2.24) is 0 Å². The molecule has 0 aliphatic heterocycles. The molecule has 12 aromatic carbocycles. The molecule has 2 heterocycles. The van der Waals surface area contributed by atoms with E-state index in [0.717, 1.165) is 45.8 Å². The Morgan fingerprint density at radius 1 is 0.441 bits per heavy atom. The van der Waals surface area contributed by atoms with E-state index in [2.05, 4.69) is 286 Å². The number of aldehydes is 2. The third-order valence-corrected chi connectivity index (χ3v) is 20.3. The summed E-state index contributed by atoms with van der Waals surface area (Å²) < 4.78 is 5.68. The van der Waals surface area contributed by atoms with E-state index in [1.165, 1.54) is 144 Å². The van der Waals surface area contributed by atoms with Crippen LogP contribution in [-0.2, 0) is 52.5 Å². The number of halogens is 6. The normalized spacial score (nSPS) is 10.5. The van der Waals surface area contributed by atoms with E-state index >= 15 is 0 Å². The number of rotatable bonds is 8. The van der Waals surface area contributed by atoms with Gasteiger partial charge in [0.15, 0.2) is 6.29 Å². The molecule has 2 aromatic heterocycles. The minimum Gasteiger partial charge on any atom is 0 e. The van der Waals surface area contributed by atoms with Gasteiger partial charge in [0.05, 0.1) is 9.40 Å². The summed E-state index contributed by atoms with van der Waals surface area (Å²) in [7, 11) is 20.3. The van der Waals surface area contributed by atoms with E-state index in [1.807, 2.05) is 95.3 Å². The van der Waals surface area contributed by atoms with Crippen LogP contribution in [0, 0.1) is 48.5 Å². The summed E-state index contributed by atoms with van der Waals surface area (Å²) in [5, 5.41) is 18.0. The van der Waals surface area contributed by atoms with Crippen molar-refractivity contribution in [2.24, 2.45) is 0 Å². The molecule has 14 aromatic rings. The standard InChI is InChI=1S/C26H24S2.C24H16S2.C13H12OS.C12H10O.C4H9.C2H6S2.2CH4.B.4ClH.I2.Li.Ti.Zn/c1-17-5-7-19-13-21(25(27-3)15-23(19)11-17)9-10-22-14-20-8-6-18(2)12-24(20)16-26(22)28-4;1-13-3-5-15-9-19-21(11-17(15)7-13)25-24-20-10-16-6-4-14(2)8-18(16)12-22(20)26-23(19)24;1-9-3-4-10-6-12(8-14)13(15-2)7-11(10)5-9;1-9-2-4-12-7-10(8-13)3-5-11(12)6-9;1-3-4-2;1-4(2)3;;;;;;;;1-2;;;/h5-16H,1-4H3;3-12H,1-2H3;3-8H,1-2H3;2-8H,1H3;1,3-4H2,2H3;1-2H3;2*1H4;;4*1H;;;;/q;;;;-1;;;;;;;;;;+1;+4;/p-4/b10-9+;;;;;;;;;;;;;;;;.